The molecule has 0 bridgehead atoms. The van der Waals surface area contributed by atoms with Gasteiger partial charge in [0.1, 0.15) is 5.75 Å². The van der Waals surface area contributed by atoms with E-state index in [1.807, 2.05) is 12.1 Å². The minimum Gasteiger partial charge on any atom is -0.496 e. The molecule has 1 N–H and O–H groups in total. The third-order valence-electron chi connectivity index (χ3n) is 2.61. The summed E-state index contributed by atoms with van der Waals surface area (Å²) in [6.07, 6.45) is 0. The molecule has 20 heavy (non-hydrogen) atoms. The highest BCUT2D eigenvalue weighted by molar-refractivity contribution is 7.13. The molecule has 106 valence electrons. The van der Waals surface area contributed by atoms with Crippen LogP contribution in [-0.2, 0) is 11.3 Å². The van der Waals surface area contributed by atoms with Gasteiger partial charge in [-0.3, -0.25) is 0 Å². The van der Waals surface area contributed by atoms with Crippen LogP contribution >= 0.6 is 22.9 Å². The average molecular weight is 313 g/mol. The smallest absolute Gasteiger partial charge is 0.357 e. The third kappa shape index (κ3) is 3.20. The molecule has 5 nitrogen and oxygen atoms in total. The minimum absolute atomic E-state index is 0.283. The van der Waals surface area contributed by atoms with E-state index in [1.165, 1.54) is 18.4 Å². The Balaban J connectivity index is 2.09. The lowest BCUT2D eigenvalue weighted by Gasteiger charge is -2.10. The second-order valence-corrected chi connectivity index (χ2v) is 5.07. The van der Waals surface area contributed by atoms with Gasteiger partial charge in [-0.05, 0) is 12.1 Å². The van der Waals surface area contributed by atoms with Crippen molar-refractivity contribution in [2.24, 2.45) is 0 Å². The fourth-order valence-electron chi connectivity index (χ4n) is 1.62. The number of rotatable bonds is 5. The molecule has 0 saturated carbocycles. The molecule has 2 rings (SSSR count). The number of thiazole rings is 1. The van der Waals surface area contributed by atoms with Crippen LogP contribution in [0.3, 0.4) is 0 Å². The third-order valence-corrected chi connectivity index (χ3v) is 3.77. The number of nitrogens with one attached hydrogen (secondary N) is 1. The van der Waals surface area contributed by atoms with Crippen molar-refractivity contribution in [1.29, 1.82) is 0 Å². The summed E-state index contributed by atoms with van der Waals surface area (Å²) in [6, 6.07) is 5.46. The molecule has 0 spiro atoms. The van der Waals surface area contributed by atoms with Crippen LogP contribution < -0.4 is 10.1 Å². The summed E-state index contributed by atoms with van der Waals surface area (Å²) in [7, 11) is 2.91. The molecule has 0 aliphatic rings. The van der Waals surface area contributed by atoms with Crippen molar-refractivity contribution >= 4 is 34.0 Å². The molecule has 0 atom stereocenters. The van der Waals surface area contributed by atoms with Gasteiger partial charge in [0, 0.05) is 22.5 Å². The largest absolute Gasteiger partial charge is 0.496 e. The van der Waals surface area contributed by atoms with E-state index >= 15 is 0 Å². The van der Waals surface area contributed by atoms with Crippen LogP contribution in [-0.4, -0.2) is 25.2 Å². The first-order valence-corrected chi connectivity index (χ1v) is 7.00. The Morgan fingerprint density at radius 2 is 2.25 bits per heavy atom. The number of anilines is 1. The first-order chi connectivity index (χ1) is 9.65. The van der Waals surface area contributed by atoms with E-state index < -0.39 is 5.97 Å². The van der Waals surface area contributed by atoms with Gasteiger partial charge >= 0.3 is 5.97 Å². The number of nitrogens with zero attached hydrogens (tertiary/aromatic N) is 1. The van der Waals surface area contributed by atoms with E-state index in [-0.39, 0.29) is 5.69 Å². The summed E-state index contributed by atoms with van der Waals surface area (Å²) in [5, 5.41) is 5.98. The Morgan fingerprint density at radius 3 is 2.95 bits per heavy atom. The number of halogens is 1. The van der Waals surface area contributed by atoms with Gasteiger partial charge in [-0.25, -0.2) is 9.78 Å². The molecule has 0 aliphatic heterocycles. The number of esters is 1. The van der Waals surface area contributed by atoms with E-state index in [2.05, 4.69) is 15.0 Å². The van der Waals surface area contributed by atoms with Crippen LogP contribution in [0, 0.1) is 0 Å². The zero-order valence-corrected chi connectivity index (χ0v) is 12.5. The number of benzene rings is 1. The Bertz CT molecular complexity index is 615. The van der Waals surface area contributed by atoms with Crippen LogP contribution in [0.15, 0.2) is 23.6 Å². The molecule has 1 aromatic heterocycles. The van der Waals surface area contributed by atoms with Crippen molar-refractivity contribution in [2.45, 2.75) is 6.54 Å². The first kappa shape index (κ1) is 14.6. The summed E-state index contributed by atoms with van der Waals surface area (Å²) < 4.78 is 9.86. The van der Waals surface area contributed by atoms with Crippen molar-refractivity contribution in [3.8, 4) is 5.75 Å². The zero-order chi connectivity index (χ0) is 14.5. The van der Waals surface area contributed by atoms with Gasteiger partial charge < -0.3 is 14.8 Å². The van der Waals surface area contributed by atoms with Crippen molar-refractivity contribution in [3.05, 3.63) is 39.9 Å². The van der Waals surface area contributed by atoms with Crippen LogP contribution in [0.25, 0.3) is 0 Å². The van der Waals surface area contributed by atoms with E-state index in [4.69, 9.17) is 16.3 Å². The topological polar surface area (TPSA) is 60.5 Å². The Morgan fingerprint density at radius 1 is 1.45 bits per heavy atom. The van der Waals surface area contributed by atoms with Crippen molar-refractivity contribution in [2.75, 3.05) is 19.5 Å². The maximum atomic E-state index is 11.3. The predicted octanol–water partition coefficient (Wildman–Crippen LogP) is 3.20. The number of carbonyl (C=O) groups is 1. The Labute approximate surface area is 125 Å². The maximum absolute atomic E-state index is 11.3. The summed E-state index contributed by atoms with van der Waals surface area (Å²) in [5.41, 5.74) is 1.12. The highest BCUT2D eigenvalue weighted by atomic mass is 35.5. The van der Waals surface area contributed by atoms with Crippen molar-refractivity contribution in [3.63, 3.8) is 0 Å². The normalized spacial score (nSPS) is 10.2. The predicted molar refractivity (Wildman–Crippen MR) is 78.8 cm³/mol. The number of hydrogen-bond acceptors (Lipinski definition) is 6. The monoisotopic (exact) mass is 312 g/mol. The SMILES string of the molecule is COC(=O)c1csc(NCc2c(Cl)cccc2OC)n1. The van der Waals surface area contributed by atoms with Gasteiger partial charge in [0.25, 0.3) is 0 Å². The fraction of sp³-hybridized carbons (Fsp3) is 0.231. The van der Waals surface area contributed by atoms with E-state index in [0.29, 0.717) is 22.4 Å². The summed E-state index contributed by atoms with van der Waals surface area (Å²) in [5.74, 6) is 0.249. The average Bonchev–Trinajstić information content (AvgIpc) is 2.93. The molecule has 0 fully saturated rings. The molecule has 0 radical (unpaired) electrons. The lowest BCUT2D eigenvalue weighted by molar-refractivity contribution is 0.0595. The van der Waals surface area contributed by atoms with E-state index in [9.17, 15) is 4.79 Å². The molecule has 1 heterocycles. The van der Waals surface area contributed by atoms with Crippen LogP contribution in [0.1, 0.15) is 16.1 Å². The quantitative estimate of drug-likeness (QED) is 0.859. The number of aromatic nitrogens is 1. The van der Waals surface area contributed by atoms with Crippen LogP contribution in [0.5, 0.6) is 5.75 Å². The summed E-state index contributed by atoms with van der Waals surface area (Å²) >= 11 is 7.47. The fourth-order valence-corrected chi connectivity index (χ4v) is 2.53. The lowest BCUT2D eigenvalue weighted by atomic mass is 10.2. The Kier molecular flexibility index (Phi) is 4.81. The van der Waals surface area contributed by atoms with Gasteiger partial charge in [-0.1, -0.05) is 17.7 Å². The van der Waals surface area contributed by atoms with Gasteiger partial charge in [-0.2, -0.15) is 0 Å². The molecule has 2 aromatic rings. The van der Waals surface area contributed by atoms with Gasteiger partial charge in [-0.15, -0.1) is 11.3 Å². The molecule has 0 unspecified atom stereocenters. The molecule has 7 heteroatoms. The standard InChI is InChI=1S/C13H13ClN2O3S/c1-18-11-5-3-4-9(14)8(11)6-15-13-16-10(7-20-13)12(17)19-2/h3-5,7H,6H2,1-2H3,(H,15,16). The minimum atomic E-state index is -0.454. The number of methoxy groups -OCH3 is 2. The molecule has 0 aliphatic carbocycles. The maximum Gasteiger partial charge on any atom is 0.357 e. The second-order valence-electron chi connectivity index (χ2n) is 3.80. The van der Waals surface area contributed by atoms with E-state index in [1.54, 1.807) is 18.6 Å². The lowest BCUT2D eigenvalue weighted by Crippen LogP contribution is -2.04. The first-order valence-electron chi connectivity index (χ1n) is 5.74. The molecular weight excluding hydrogens is 300 g/mol. The molecular formula is C13H13ClN2O3S. The van der Waals surface area contributed by atoms with Crippen molar-refractivity contribution < 1.29 is 14.3 Å². The number of ether oxygens (including phenoxy) is 2. The number of carbonyl (C=O) groups excluding carboxylic acids is 1. The summed E-state index contributed by atoms with van der Waals surface area (Å²) in [4.78, 5) is 15.4. The highest BCUT2D eigenvalue weighted by Gasteiger charge is 2.12. The van der Waals surface area contributed by atoms with Gasteiger partial charge in [0.2, 0.25) is 0 Å². The molecule has 0 saturated heterocycles. The zero-order valence-electron chi connectivity index (χ0n) is 11.0. The number of hydrogen-bond donors (Lipinski definition) is 1. The van der Waals surface area contributed by atoms with Crippen molar-refractivity contribution in [1.82, 2.24) is 4.98 Å². The molecule has 1 aromatic carbocycles. The molecule has 0 amide bonds. The highest BCUT2D eigenvalue weighted by Crippen LogP contribution is 2.27. The van der Waals surface area contributed by atoms with Crippen LogP contribution in [0.2, 0.25) is 5.02 Å². The second kappa shape index (κ2) is 6.58. The van der Waals surface area contributed by atoms with Gasteiger partial charge in [0.15, 0.2) is 10.8 Å². The van der Waals surface area contributed by atoms with Crippen LogP contribution in [0.4, 0.5) is 5.13 Å². The van der Waals surface area contributed by atoms with Gasteiger partial charge in [0.05, 0.1) is 14.2 Å². The van der Waals surface area contributed by atoms with E-state index in [0.717, 1.165) is 5.56 Å². The summed E-state index contributed by atoms with van der Waals surface area (Å²) in [6.45, 7) is 0.455. The Hall–Kier alpha value is -1.79.